The van der Waals surface area contributed by atoms with Crippen LogP contribution in [0.2, 0.25) is 0 Å². The molecule has 0 aliphatic carbocycles. The second-order valence-corrected chi connectivity index (χ2v) is 4.58. The largest absolute Gasteiger partial charge is 0.494 e. The zero-order valence-corrected chi connectivity index (χ0v) is 11.6. The molecule has 0 heterocycles. The van der Waals surface area contributed by atoms with Crippen molar-refractivity contribution in [3.05, 3.63) is 29.3 Å². The monoisotopic (exact) mass is 304 g/mol. The van der Waals surface area contributed by atoms with E-state index in [1.165, 1.54) is 0 Å². The second kappa shape index (κ2) is 6.26. The summed E-state index contributed by atoms with van der Waals surface area (Å²) in [6.07, 6.45) is 0. The minimum absolute atomic E-state index is 0.0556. The van der Waals surface area contributed by atoms with Gasteiger partial charge in [0.2, 0.25) is 0 Å². The molecule has 0 amide bonds. The lowest BCUT2D eigenvalue weighted by Gasteiger charge is -2.13. The highest BCUT2D eigenvalue weighted by molar-refractivity contribution is 9.09. The van der Waals surface area contributed by atoms with E-state index < -0.39 is 0 Å². The molecule has 0 spiro atoms. The van der Waals surface area contributed by atoms with Gasteiger partial charge in [-0.25, -0.2) is 0 Å². The number of ether oxygens (including phenoxy) is 1. The summed E-state index contributed by atoms with van der Waals surface area (Å²) in [5.41, 5.74) is 1.83. The number of hydrogen-bond acceptors (Lipinski definition) is 2. The Morgan fingerprint density at radius 3 is 2.75 bits per heavy atom. The number of carbonyl (C=O) groups excluding carboxylic acids is 1. The lowest BCUT2D eigenvalue weighted by molar-refractivity contribution is -0.116. The fourth-order valence-corrected chi connectivity index (χ4v) is 2.08. The average molecular weight is 306 g/mol. The predicted octanol–water partition coefficient (Wildman–Crippen LogP) is 3.85. The van der Waals surface area contributed by atoms with Crippen LogP contribution in [0.3, 0.4) is 0 Å². The van der Waals surface area contributed by atoms with Crippen molar-refractivity contribution in [2.45, 2.75) is 24.6 Å². The first kappa shape index (κ1) is 13.5. The summed E-state index contributed by atoms with van der Waals surface area (Å²) in [4.78, 5) is 11.0. The van der Waals surface area contributed by atoms with E-state index in [1.54, 1.807) is 6.92 Å². The zero-order chi connectivity index (χ0) is 12.1. The van der Waals surface area contributed by atoms with E-state index in [9.17, 15) is 4.79 Å². The molecule has 1 aromatic rings. The fourth-order valence-electron chi connectivity index (χ4n) is 1.41. The Kier molecular flexibility index (Phi) is 5.29. The molecule has 0 radical (unpaired) electrons. The van der Waals surface area contributed by atoms with Gasteiger partial charge in [0.25, 0.3) is 0 Å². The van der Waals surface area contributed by atoms with Gasteiger partial charge in [-0.05, 0) is 37.1 Å². The third-order valence-electron chi connectivity index (χ3n) is 2.20. The molecule has 1 unspecified atom stereocenters. The first-order valence-electron chi connectivity index (χ1n) is 5.06. The van der Waals surface area contributed by atoms with Crippen LogP contribution in [-0.4, -0.2) is 12.4 Å². The van der Waals surface area contributed by atoms with Crippen molar-refractivity contribution < 1.29 is 9.53 Å². The maximum absolute atomic E-state index is 11.4. The molecule has 0 aliphatic heterocycles. The molecule has 0 aromatic heterocycles. The molecule has 1 atom stereocenters. The van der Waals surface area contributed by atoms with Gasteiger partial charge >= 0.3 is 0 Å². The maximum atomic E-state index is 11.4. The lowest BCUT2D eigenvalue weighted by Crippen LogP contribution is -2.05. The van der Waals surface area contributed by atoms with E-state index in [-0.39, 0.29) is 10.6 Å². The third-order valence-corrected chi connectivity index (χ3v) is 3.63. The van der Waals surface area contributed by atoms with Gasteiger partial charge in [-0.3, -0.25) is 4.79 Å². The van der Waals surface area contributed by atoms with Gasteiger partial charge in [-0.15, -0.1) is 11.6 Å². The first-order chi connectivity index (χ1) is 7.60. The van der Waals surface area contributed by atoms with Crippen molar-refractivity contribution in [3.63, 3.8) is 0 Å². The number of ketones is 1. The minimum Gasteiger partial charge on any atom is -0.494 e. The predicted molar refractivity (Wildman–Crippen MR) is 69.5 cm³/mol. The Balaban J connectivity index is 3.11. The molecule has 0 saturated carbocycles. The summed E-state index contributed by atoms with van der Waals surface area (Å²) in [5, 5.41) is 0. The van der Waals surface area contributed by atoms with Crippen LogP contribution in [0.4, 0.5) is 0 Å². The molecule has 88 valence electrons. The van der Waals surface area contributed by atoms with Crippen molar-refractivity contribution in [2.75, 3.05) is 6.61 Å². The Labute approximate surface area is 109 Å². The molecule has 0 saturated heterocycles. The summed E-state index contributed by atoms with van der Waals surface area (Å²) in [6, 6.07) is 5.62. The Hall–Kier alpha value is -0.540. The molecule has 0 aliphatic rings. The highest BCUT2D eigenvalue weighted by Gasteiger charge is 2.17. The summed E-state index contributed by atoms with van der Waals surface area (Å²) < 4.78 is 5.40. The maximum Gasteiger partial charge on any atom is 0.147 e. The van der Waals surface area contributed by atoms with Gasteiger partial charge in [0.1, 0.15) is 11.5 Å². The van der Waals surface area contributed by atoms with Gasteiger partial charge in [-0.1, -0.05) is 22.0 Å². The summed E-state index contributed by atoms with van der Waals surface area (Å²) in [5.74, 6) is 1.20. The highest BCUT2D eigenvalue weighted by Crippen LogP contribution is 2.31. The number of alkyl halides is 2. The summed E-state index contributed by atoms with van der Waals surface area (Å²) >= 11 is 9.20. The van der Waals surface area contributed by atoms with Gasteiger partial charge in [0.15, 0.2) is 0 Å². The molecule has 1 aromatic carbocycles. The first-order valence-corrected chi connectivity index (χ1v) is 6.51. The molecule has 16 heavy (non-hydrogen) atoms. The number of carbonyl (C=O) groups is 1. The Morgan fingerprint density at radius 2 is 2.25 bits per heavy atom. The summed E-state index contributed by atoms with van der Waals surface area (Å²) in [7, 11) is 0. The van der Waals surface area contributed by atoms with Gasteiger partial charge < -0.3 is 4.74 Å². The second-order valence-electron chi connectivity index (χ2n) is 3.40. The zero-order valence-electron chi connectivity index (χ0n) is 9.30. The number of benzene rings is 1. The van der Waals surface area contributed by atoms with Crippen LogP contribution >= 0.6 is 27.5 Å². The number of Topliss-reactive ketones (excluding diaryl/α,β-unsaturated/α-hetero) is 1. The van der Waals surface area contributed by atoms with Crippen LogP contribution in [-0.2, 0) is 10.7 Å². The average Bonchev–Trinajstić information content (AvgIpc) is 2.28. The topological polar surface area (TPSA) is 26.3 Å². The minimum atomic E-state index is -0.318. The molecule has 0 N–H and O–H groups in total. The molecular weight excluding hydrogens is 291 g/mol. The standard InChI is InChI=1S/C12H14BrClO2/c1-3-16-10-5-4-9(7-14)11(6-10)12(13)8(2)15/h4-6,12H,3,7H2,1-2H3. The Bertz CT molecular complexity index is 379. The van der Waals surface area contributed by atoms with Crippen molar-refractivity contribution in [3.8, 4) is 5.75 Å². The quantitative estimate of drug-likeness (QED) is 0.772. The SMILES string of the molecule is CCOc1ccc(CCl)c(C(Br)C(C)=O)c1. The van der Waals surface area contributed by atoms with E-state index in [2.05, 4.69) is 15.9 Å². The van der Waals surface area contributed by atoms with Crippen molar-refractivity contribution >= 4 is 33.3 Å². The molecule has 2 nitrogen and oxygen atoms in total. The Morgan fingerprint density at radius 1 is 1.56 bits per heavy atom. The van der Waals surface area contributed by atoms with Crippen LogP contribution in [0.25, 0.3) is 0 Å². The van der Waals surface area contributed by atoms with E-state index in [1.807, 2.05) is 25.1 Å². The van der Waals surface area contributed by atoms with Crippen molar-refractivity contribution in [1.29, 1.82) is 0 Å². The van der Waals surface area contributed by atoms with E-state index in [0.717, 1.165) is 16.9 Å². The molecule has 0 fully saturated rings. The van der Waals surface area contributed by atoms with Gasteiger partial charge in [-0.2, -0.15) is 0 Å². The van der Waals surface area contributed by atoms with Gasteiger partial charge in [0.05, 0.1) is 11.4 Å². The number of rotatable bonds is 5. The van der Waals surface area contributed by atoms with Crippen molar-refractivity contribution in [1.82, 2.24) is 0 Å². The fraction of sp³-hybridized carbons (Fsp3) is 0.417. The number of hydrogen-bond donors (Lipinski definition) is 0. The lowest BCUT2D eigenvalue weighted by atomic mass is 10.0. The normalized spacial score (nSPS) is 12.2. The number of halogens is 2. The van der Waals surface area contributed by atoms with Crippen molar-refractivity contribution in [2.24, 2.45) is 0 Å². The van der Waals surface area contributed by atoms with E-state index in [0.29, 0.717) is 12.5 Å². The van der Waals surface area contributed by atoms with Crippen LogP contribution in [0.5, 0.6) is 5.75 Å². The van der Waals surface area contributed by atoms with Crippen LogP contribution in [0, 0.1) is 0 Å². The van der Waals surface area contributed by atoms with Crippen LogP contribution in [0.1, 0.15) is 29.8 Å². The smallest absolute Gasteiger partial charge is 0.147 e. The van der Waals surface area contributed by atoms with E-state index in [4.69, 9.17) is 16.3 Å². The van der Waals surface area contributed by atoms with Crippen LogP contribution in [0.15, 0.2) is 18.2 Å². The highest BCUT2D eigenvalue weighted by atomic mass is 79.9. The van der Waals surface area contributed by atoms with E-state index >= 15 is 0 Å². The van der Waals surface area contributed by atoms with Crippen LogP contribution < -0.4 is 4.74 Å². The van der Waals surface area contributed by atoms with Gasteiger partial charge in [0, 0.05) is 5.88 Å². The molecule has 4 heteroatoms. The summed E-state index contributed by atoms with van der Waals surface area (Å²) in [6.45, 7) is 4.07. The molecular formula is C12H14BrClO2. The molecule has 0 bridgehead atoms. The third kappa shape index (κ3) is 3.22. The molecule has 1 rings (SSSR count).